The second kappa shape index (κ2) is 10.7. The van der Waals surface area contributed by atoms with Crippen LogP contribution in [0.1, 0.15) is 0 Å². The molecule has 252 valence electrons. The molecule has 0 radical (unpaired) electrons. The Balaban J connectivity index is 1.06. The predicted octanol–water partition coefficient (Wildman–Crippen LogP) is 15.6. The predicted molar refractivity (Wildman–Crippen MR) is 236 cm³/mol. The summed E-state index contributed by atoms with van der Waals surface area (Å²) in [5, 5.41) is 22.7. The van der Waals surface area contributed by atoms with Gasteiger partial charge in [-0.05, 0) is 139 Å². The van der Waals surface area contributed by atoms with Crippen molar-refractivity contribution < 1.29 is 4.42 Å². The van der Waals surface area contributed by atoms with Gasteiger partial charge < -0.3 is 4.42 Å². The molecular formula is C54H30O. The third-order valence-corrected chi connectivity index (χ3v) is 12.4. The van der Waals surface area contributed by atoms with E-state index in [-0.39, 0.29) is 0 Å². The maximum absolute atomic E-state index is 6.61. The highest BCUT2D eigenvalue weighted by molar-refractivity contribution is 6.31. The molecule has 0 fully saturated rings. The van der Waals surface area contributed by atoms with Crippen LogP contribution in [-0.4, -0.2) is 0 Å². The normalized spacial score (nSPS) is 12.4. The van der Waals surface area contributed by atoms with Gasteiger partial charge in [0.25, 0.3) is 0 Å². The van der Waals surface area contributed by atoms with E-state index in [2.05, 4.69) is 182 Å². The fourth-order valence-electron chi connectivity index (χ4n) is 9.92. The van der Waals surface area contributed by atoms with Crippen molar-refractivity contribution in [1.82, 2.24) is 0 Å². The van der Waals surface area contributed by atoms with E-state index in [0.717, 1.165) is 21.9 Å². The van der Waals surface area contributed by atoms with Gasteiger partial charge in [-0.2, -0.15) is 0 Å². The zero-order valence-electron chi connectivity index (χ0n) is 29.7. The molecule has 12 aromatic carbocycles. The second-order valence-corrected chi connectivity index (χ2v) is 15.1. The maximum atomic E-state index is 6.61. The minimum absolute atomic E-state index is 0.910. The summed E-state index contributed by atoms with van der Waals surface area (Å²) in [6.07, 6.45) is 0. The highest BCUT2D eigenvalue weighted by Gasteiger charge is 2.19. The Morgan fingerprint density at radius 2 is 0.745 bits per heavy atom. The van der Waals surface area contributed by atoms with Crippen LogP contribution in [0.15, 0.2) is 186 Å². The molecule has 0 aliphatic heterocycles. The summed E-state index contributed by atoms with van der Waals surface area (Å²) in [6, 6.07) is 67.4. The number of fused-ring (bicyclic) bond motifs is 11. The van der Waals surface area contributed by atoms with Crippen molar-refractivity contribution in [3.05, 3.63) is 182 Å². The molecule has 0 unspecified atom stereocenters. The molecule has 1 aromatic heterocycles. The molecule has 55 heavy (non-hydrogen) atoms. The maximum Gasteiger partial charge on any atom is 0.136 e. The van der Waals surface area contributed by atoms with Gasteiger partial charge >= 0.3 is 0 Å². The van der Waals surface area contributed by atoms with Crippen LogP contribution >= 0.6 is 0 Å². The van der Waals surface area contributed by atoms with E-state index in [0.29, 0.717) is 0 Å². The summed E-state index contributed by atoms with van der Waals surface area (Å²) in [5.74, 6) is 0. The smallest absolute Gasteiger partial charge is 0.136 e. The molecule has 1 nitrogen and oxygen atoms in total. The van der Waals surface area contributed by atoms with E-state index < -0.39 is 0 Å². The summed E-state index contributed by atoms with van der Waals surface area (Å²) in [7, 11) is 0. The monoisotopic (exact) mass is 694 g/mol. The molecule has 13 rings (SSSR count). The summed E-state index contributed by atoms with van der Waals surface area (Å²) in [6.45, 7) is 0. The summed E-state index contributed by atoms with van der Waals surface area (Å²) < 4.78 is 6.61. The van der Waals surface area contributed by atoms with Gasteiger partial charge in [0, 0.05) is 10.8 Å². The number of hydrogen-bond acceptors (Lipinski definition) is 1. The van der Waals surface area contributed by atoms with Crippen LogP contribution in [0.25, 0.3) is 130 Å². The van der Waals surface area contributed by atoms with E-state index in [1.165, 1.54) is 108 Å². The molecule has 13 aromatic rings. The molecule has 1 heterocycles. The molecule has 0 N–H and O–H groups in total. The fraction of sp³-hybridized carbons (Fsp3) is 0. The lowest BCUT2D eigenvalue weighted by atomic mass is 9.85. The highest BCUT2D eigenvalue weighted by atomic mass is 16.3. The van der Waals surface area contributed by atoms with E-state index in [1.807, 2.05) is 0 Å². The zero-order valence-corrected chi connectivity index (χ0v) is 29.7. The van der Waals surface area contributed by atoms with E-state index in [4.69, 9.17) is 4.42 Å². The molecule has 0 saturated heterocycles. The Bertz CT molecular complexity index is 3720. The van der Waals surface area contributed by atoms with Crippen molar-refractivity contribution in [2.45, 2.75) is 0 Å². The van der Waals surface area contributed by atoms with Crippen molar-refractivity contribution >= 4 is 108 Å². The third kappa shape index (κ3) is 3.97. The van der Waals surface area contributed by atoms with Crippen LogP contribution < -0.4 is 0 Å². The summed E-state index contributed by atoms with van der Waals surface area (Å²) >= 11 is 0. The fourth-order valence-corrected chi connectivity index (χ4v) is 9.92. The largest absolute Gasteiger partial charge is 0.456 e. The van der Waals surface area contributed by atoms with Gasteiger partial charge in [-0.25, -0.2) is 0 Å². The Morgan fingerprint density at radius 3 is 1.38 bits per heavy atom. The van der Waals surface area contributed by atoms with Gasteiger partial charge in [0.05, 0.1) is 0 Å². The van der Waals surface area contributed by atoms with Gasteiger partial charge in [0.1, 0.15) is 11.2 Å². The third-order valence-electron chi connectivity index (χ3n) is 12.4. The Kier molecular flexibility index (Phi) is 5.69. The summed E-state index contributed by atoms with van der Waals surface area (Å²) in [5.41, 5.74) is 6.83. The first-order valence-electron chi connectivity index (χ1n) is 19.1. The van der Waals surface area contributed by atoms with Gasteiger partial charge in [-0.1, -0.05) is 152 Å². The quantitative estimate of drug-likeness (QED) is 0.130. The van der Waals surface area contributed by atoms with Gasteiger partial charge in [0.2, 0.25) is 0 Å². The van der Waals surface area contributed by atoms with Crippen LogP contribution in [0, 0.1) is 0 Å². The Morgan fingerprint density at radius 1 is 0.255 bits per heavy atom. The van der Waals surface area contributed by atoms with E-state index >= 15 is 0 Å². The standard InChI is InChI=1S/C54H30O/c1-3-11-37-33(9-1)27-34-10-2-4-12-38(34)54(37)45-25-20-32-18-23-43-36(22-17-31-19-24-44(45)53(32)52(31)43)35-21-26-50-48(28-35)49-29-46-41-15-7-5-13-39(41)40-14-6-8-16-42(40)47(46)30-51(49)55-50/h1-30H. The van der Waals surface area contributed by atoms with Gasteiger partial charge in [-0.15, -0.1) is 0 Å². The van der Waals surface area contributed by atoms with Crippen molar-refractivity contribution in [2.24, 2.45) is 0 Å². The molecule has 1 heteroatoms. The van der Waals surface area contributed by atoms with Crippen LogP contribution in [0.5, 0.6) is 0 Å². The van der Waals surface area contributed by atoms with Crippen LogP contribution in [0.3, 0.4) is 0 Å². The summed E-state index contributed by atoms with van der Waals surface area (Å²) in [4.78, 5) is 0. The average molecular weight is 695 g/mol. The van der Waals surface area contributed by atoms with Gasteiger partial charge in [-0.3, -0.25) is 0 Å². The molecule has 0 saturated carbocycles. The minimum atomic E-state index is 0.910. The number of furan rings is 1. The number of hydrogen-bond donors (Lipinski definition) is 0. The minimum Gasteiger partial charge on any atom is -0.456 e. The van der Waals surface area contributed by atoms with Crippen LogP contribution in [-0.2, 0) is 0 Å². The molecule has 0 spiro atoms. The topological polar surface area (TPSA) is 13.1 Å². The average Bonchev–Trinajstić information content (AvgIpc) is 3.61. The second-order valence-electron chi connectivity index (χ2n) is 15.1. The van der Waals surface area contributed by atoms with Crippen LogP contribution in [0.4, 0.5) is 0 Å². The molecule has 0 amide bonds. The Hall–Kier alpha value is -7.22. The lowest BCUT2D eigenvalue weighted by Gasteiger charge is -2.18. The molecular weight excluding hydrogens is 665 g/mol. The molecule has 0 aliphatic carbocycles. The van der Waals surface area contributed by atoms with Crippen molar-refractivity contribution in [2.75, 3.05) is 0 Å². The first kappa shape index (κ1) is 29.3. The van der Waals surface area contributed by atoms with E-state index in [1.54, 1.807) is 0 Å². The van der Waals surface area contributed by atoms with Crippen molar-refractivity contribution in [3.63, 3.8) is 0 Å². The number of rotatable bonds is 2. The molecule has 0 atom stereocenters. The lowest BCUT2D eigenvalue weighted by molar-refractivity contribution is 0.669. The lowest BCUT2D eigenvalue weighted by Crippen LogP contribution is -1.91. The molecule has 0 bridgehead atoms. The first-order valence-corrected chi connectivity index (χ1v) is 19.1. The van der Waals surface area contributed by atoms with Crippen molar-refractivity contribution in [3.8, 4) is 22.3 Å². The number of benzene rings is 12. The first-order chi connectivity index (χ1) is 27.3. The van der Waals surface area contributed by atoms with Crippen molar-refractivity contribution in [1.29, 1.82) is 0 Å². The zero-order chi connectivity index (χ0) is 35.8. The van der Waals surface area contributed by atoms with Crippen LogP contribution in [0.2, 0.25) is 0 Å². The van der Waals surface area contributed by atoms with E-state index in [9.17, 15) is 0 Å². The van der Waals surface area contributed by atoms with Gasteiger partial charge in [0.15, 0.2) is 0 Å². The molecule has 0 aliphatic rings. The SMILES string of the molecule is c1ccc2c(-c3ccc4ccc5c(-c6ccc7oc8cc9c%10ccccc%10c%10ccccc%10c9cc8c7c6)ccc6ccc3c4c65)c3ccccc3cc2c1. The highest BCUT2D eigenvalue weighted by Crippen LogP contribution is 2.46. The Labute approximate surface area is 315 Å².